The number of hydrogen-bond acceptors (Lipinski definition) is 4. The van der Waals surface area contributed by atoms with Gasteiger partial charge in [0.05, 0.1) is 23.9 Å². The summed E-state index contributed by atoms with van der Waals surface area (Å²) in [4.78, 5) is 16.3. The molecule has 0 spiro atoms. The minimum Gasteiger partial charge on any atom is -0.369 e. The minimum atomic E-state index is -4.47. The Morgan fingerprint density at radius 2 is 1.88 bits per heavy atom. The second-order valence-electron chi connectivity index (χ2n) is 9.35. The van der Waals surface area contributed by atoms with Gasteiger partial charge in [0.15, 0.2) is 13.5 Å². The van der Waals surface area contributed by atoms with Crippen molar-refractivity contribution in [1.29, 1.82) is 0 Å². The Labute approximate surface area is 190 Å². The number of hydrogen-bond donors (Lipinski definition) is 2. The molecule has 2 aromatic heterocycles. The monoisotopic (exact) mass is 466 g/mol. The van der Waals surface area contributed by atoms with Gasteiger partial charge >= 0.3 is 6.18 Å². The molecule has 7 nitrogen and oxygen atoms in total. The summed E-state index contributed by atoms with van der Waals surface area (Å²) in [5, 5.41) is 10.4. The van der Waals surface area contributed by atoms with Gasteiger partial charge in [-0.3, -0.25) is 18.4 Å². The van der Waals surface area contributed by atoms with Crippen LogP contribution in [0.15, 0.2) is 24.7 Å². The van der Waals surface area contributed by atoms with Crippen LogP contribution in [0, 0.1) is 0 Å². The van der Waals surface area contributed by atoms with Gasteiger partial charge < -0.3 is 10.6 Å². The third kappa shape index (κ3) is 5.77. The standard InChI is InChI=1S/C21H27BF4N6O/c1-20(22,23)12-31-10-13(9-27-31)19(33)29-15-7-5-14(6-8-15)28-17-3-2-4-18-30-16(11-32(17)18)21(24,25)26/h3,9-11,14-15,28H,2,4-8,12,22H2,1H3,(H,29,33). The average molecular weight is 466 g/mol. The van der Waals surface area contributed by atoms with E-state index in [2.05, 4.69) is 20.7 Å². The molecule has 2 N–H and O–H groups in total. The molecule has 0 radical (unpaired) electrons. The number of carbonyl (C=O) groups is 1. The van der Waals surface area contributed by atoms with Gasteiger partial charge in [-0.1, -0.05) is 0 Å². The lowest BCUT2D eigenvalue weighted by molar-refractivity contribution is -0.141. The first kappa shape index (κ1) is 23.4. The number of carbonyl (C=O) groups excluding carboxylic acids is 1. The highest BCUT2D eigenvalue weighted by atomic mass is 19.4. The Morgan fingerprint density at radius 1 is 1.18 bits per heavy atom. The van der Waals surface area contributed by atoms with Gasteiger partial charge in [0, 0.05) is 30.9 Å². The van der Waals surface area contributed by atoms with E-state index < -0.39 is 17.4 Å². The fourth-order valence-electron chi connectivity index (χ4n) is 4.32. The fraction of sp³-hybridized carbons (Fsp3) is 0.571. The van der Waals surface area contributed by atoms with Crippen LogP contribution in [0.2, 0.25) is 0 Å². The maximum absolute atomic E-state index is 13.8. The first-order valence-corrected chi connectivity index (χ1v) is 11.1. The highest BCUT2D eigenvalue weighted by molar-refractivity contribution is 6.14. The minimum absolute atomic E-state index is 0.00232. The molecule has 1 aliphatic heterocycles. The maximum atomic E-state index is 13.8. The van der Waals surface area contributed by atoms with Gasteiger partial charge in [-0.25, -0.2) is 4.98 Å². The summed E-state index contributed by atoms with van der Waals surface area (Å²) in [6.45, 7) is 1.52. The van der Waals surface area contributed by atoms with Crippen LogP contribution < -0.4 is 10.6 Å². The van der Waals surface area contributed by atoms with Crippen LogP contribution in [0.1, 0.15) is 60.9 Å². The van der Waals surface area contributed by atoms with Crippen LogP contribution in [0.4, 0.5) is 17.6 Å². The van der Waals surface area contributed by atoms with Crippen molar-refractivity contribution in [3.63, 3.8) is 0 Å². The molecule has 1 atom stereocenters. The van der Waals surface area contributed by atoms with Gasteiger partial charge in [0.2, 0.25) is 0 Å². The van der Waals surface area contributed by atoms with E-state index in [0.29, 0.717) is 30.1 Å². The summed E-state index contributed by atoms with van der Waals surface area (Å²) < 4.78 is 55.8. The third-order valence-corrected chi connectivity index (χ3v) is 5.88. The summed E-state index contributed by atoms with van der Waals surface area (Å²) in [6, 6.07) is 0.0964. The summed E-state index contributed by atoms with van der Waals surface area (Å²) in [6.07, 6.45) is 5.59. The Morgan fingerprint density at radius 3 is 2.55 bits per heavy atom. The van der Waals surface area contributed by atoms with Crippen molar-refractivity contribution >= 4 is 19.6 Å². The molecule has 12 heteroatoms. The van der Waals surface area contributed by atoms with Crippen LogP contribution in [-0.2, 0) is 19.1 Å². The number of nitrogens with one attached hydrogen (secondary N) is 2. The molecule has 33 heavy (non-hydrogen) atoms. The van der Waals surface area contributed by atoms with Gasteiger partial charge in [0.1, 0.15) is 11.6 Å². The second-order valence-corrected chi connectivity index (χ2v) is 9.35. The van der Waals surface area contributed by atoms with E-state index in [1.165, 1.54) is 36.4 Å². The number of amides is 1. The van der Waals surface area contributed by atoms with E-state index >= 15 is 0 Å². The molecule has 1 saturated carbocycles. The van der Waals surface area contributed by atoms with Gasteiger partial charge in [-0.2, -0.15) is 18.3 Å². The number of halogens is 4. The number of aryl methyl sites for hydroxylation is 1. The Kier molecular flexibility index (Phi) is 6.28. The van der Waals surface area contributed by atoms with Crippen LogP contribution in [0.25, 0.3) is 5.82 Å². The smallest absolute Gasteiger partial charge is 0.369 e. The Bertz CT molecular complexity index is 1030. The molecule has 1 amide bonds. The molecule has 1 aliphatic carbocycles. The molecular formula is C21H27BF4N6O. The van der Waals surface area contributed by atoms with Crippen molar-refractivity contribution in [2.45, 2.75) is 75.8 Å². The lowest BCUT2D eigenvalue weighted by Crippen LogP contribution is -2.42. The molecule has 1 fully saturated rings. The zero-order chi connectivity index (χ0) is 23.8. The molecule has 1 unspecified atom stereocenters. The van der Waals surface area contributed by atoms with Crippen molar-refractivity contribution in [2.24, 2.45) is 0 Å². The lowest BCUT2D eigenvalue weighted by atomic mass is 9.86. The number of rotatable bonds is 6. The zero-order valence-electron chi connectivity index (χ0n) is 18.6. The van der Waals surface area contributed by atoms with E-state index in [-0.39, 0.29) is 24.5 Å². The summed E-state index contributed by atoms with van der Waals surface area (Å²) in [5.41, 5.74) is -1.91. The van der Waals surface area contributed by atoms with Crippen LogP contribution in [0.3, 0.4) is 0 Å². The Hall–Kier alpha value is -2.79. The first-order valence-electron chi connectivity index (χ1n) is 11.1. The highest BCUT2D eigenvalue weighted by Crippen LogP contribution is 2.31. The van der Waals surface area contributed by atoms with Crippen molar-refractivity contribution in [3.8, 4) is 0 Å². The summed E-state index contributed by atoms with van der Waals surface area (Å²) >= 11 is 0. The topological polar surface area (TPSA) is 76.8 Å². The second kappa shape index (κ2) is 8.87. The number of nitrogens with zero attached hydrogens (tertiary/aromatic N) is 4. The van der Waals surface area contributed by atoms with Crippen molar-refractivity contribution in [1.82, 2.24) is 30.0 Å². The highest BCUT2D eigenvalue weighted by Gasteiger charge is 2.36. The molecule has 4 rings (SSSR count). The molecule has 0 bridgehead atoms. The third-order valence-electron chi connectivity index (χ3n) is 5.88. The van der Waals surface area contributed by atoms with Crippen LogP contribution >= 0.6 is 0 Å². The van der Waals surface area contributed by atoms with Gasteiger partial charge in [0.25, 0.3) is 5.91 Å². The predicted molar refractivity (Wildman–Crippen MR) is 117 cm³/mol. The molecule has 0 saturated heterocycles. The number of aromatic nitrogens is 4. The van der Waals surface area contributed by atoms with E-state index in [9.17, 15) is 22.4 Å². The summed E-state index contributed by atoms with van der Waals surface area (Å²) in [7, 11) is 1.45. The number of imidazole rings is 1. The lowest BCUT2D eigenvalue weighted by Gasteiger charge is -2.32. The van der Waals surface area contributed by atoms with Gasteiger partial charge in [-0.15, -0.1) is 0 Å². The van der Waals surface area contributed by atoms with Crippen LogP contribution in [-0.4, -0.2) is 50.7 Å². The largest absolute Gasteiger partial charge is 0.434 e. The van der Waals surface area contributed by atoms with Crippen molar-refractivity contribution in [2.75, 3.05) is 0 Å². The molecule has 2 aliphatic rings. The summed E-state index contributed by atoms with van der Waals surface area (Å²) in [5.74, 6) is 0.798. The van der Waals surface area contributed by atoms with E-state index in [1.54, 1.807) is 0 Å². The SMILES string of the molecule is BC(C)(F)Cn1cc(C(=O)NC2CCC(NC3=CCCc4nc(C(F)(F)F)cn43)CC2)cn1. The molecule has 0 aromatic carbocycles. The van der Waals surface area contributed by atoms with Crippen molar-refractivity contribution < 1.29 is 22.4 Å². The first-order chi connectivity index (χ1) is 15.5. The number of alkyl halides is 4. The molecule has 178 valence electrons. The van der Waals surface area contributed by atoms with Crippen LogP contribution in [0.5, 0.6) is 0 Å². The molecule has 2 aromatic rings. The maximum Gasteiger partial charge on any atom is 0.434 e. The van der Waals surface area contributed by atoms with E-state index in [4.69, 9.17) is 0 Å². The Balaban J connectivity index is 1.29. The number of fused-ring (bicyclic) bond motifs is 1. The molecular weight excluding hydrogens is 439 g/mol. The fourth-order valence-corrected chi connectivity index (χ4v) is 4.32. The quantitative estimate of drug-likeness (QED) is 0.507. The van der Waals surface area contributed by atoms with Gasteiger partial charge in [-0.05, 0) is 45.1 Å². The number of allylic oxidation sites excluding steroid dienone is 1. The normalized spacial score (nSPS) is 22.8. The predicted octanol–water partition coefficient (Wildman–Crippen LogP) is 2.49. The van der Waals surface area contributed by atoms with E-state index in [1.807, 2.05) is 6.08 Å². The average Bonchev–Trinajstić information content (AvgIpc) is 3.35. The zero-order valence-corrected chi connectivity index (χ0v) is 18.6. The van der Waals surface area contributed by atoms with Crippen molar-refractivity contribution in [3.05, 3.63) is 41.7 Å². The molecule has 3 heterocycles. The van der Waals surface area contributed by atoms with E-state index in [0.717, 1.165) is 31.9 Å².